The molecule has 2 unspecified atom stereocenters. The quantitative estimate of drug-likeness (QED) is 0.196. The zero-order chi connectivity index (χ0) is 31.8. The van der Waals surface area contributed by atoms with Gasteiger partial charge in [0.2, 0.25) is 0 Å². The summed E-state index contributed by atoms with van der Waals surface area (Å²) in [7, 11) is 0. The van der Waals surface area contributed by atoms with Crippen LogP contribution in [0.1, 0.15) is 17.9 Å². The molecule has 2 atom stereocenters. The zero-order valence-electron chi connectivity index (χ0n) is 26.4. The van der Waals surface area contributed by atoms with Crippen molar-refractivity contribution in [1.82, 2.24) is 0 Å². The van der Waals surface area contributed by atoms with E-state index in [2.05, 4.69) is 164 Å². The second kappa shape index (κ2) is 10.6. The molecule has 1 heteroatoms. The van der Waals surface area contributed by atoms with Gasteiger partial charge in [0.25, 0.3) is 0 Å². The van der Waals surface area contributed by atoms with Crippen LogP contribution in [0.5, 0.6) is 0 Å². The molecule has 9 aromatic rings. The van der Waals surface area contributed by atoms with E-state index in [0.717, 1.165) is 6.42 Å². The van der Waals surface area contributed by atoms with Crippen molar-refractivity contribution in [2.24, 2.45) is 0 Å². The summed E-state index contributed by atoms with van der Waals surface area (Å²) in [6, 6.07) is 60.3. The lowest BCUT2D eigenvalue weighted by atomic mass is 9.83. The van der Waals surface area contributed by atoms with E-state index in [4.69, 9.17) is 0 Å². The Labute approximate surface area is 279 Å². The number of fused-ring (bicyclic) bond motifs is 5. The lowest BCUT2D eigenvalue weighted by Gasteiger charge is -2.20. The van der Waals surface area contributed by atoms with Crippen LogP contribution >= 0.6 is 0 Å². The monoisotopic (exact) mass is 612 g/mol. The highest BCUT2D eigenvalue weighted by Gasteiger charge is 2.36. The molecule has 10 rings (SSSR count). The molecule has 0 saturated heterocycles. The van der Waals surface area contributed by atoms with Crippen molar-refractivity contribution in [2.45, 2.75) is 18.4 Å². The maximum Gasteiger partial charge on any atom is 0.0616 e. The molecule has 1 fully saturated rings. The molecule has 0 radical (unpaired) electrons. The minimum Gasteiger partial charge on any atom is -0.392 e. The summed E-state index contributed by atoms with van der Waals surface area (Å²) in [5.41, 5.74) is 8.55. The number of benzene rings is 9. The van der Waals surface area contributed by atoms with Crippen LogP contribution in [-0.4, -0.2) is 11.2 Å². The van der Waals surface area contributed by atoms with Gasteiger partial charge in [-0.25, -0.2) is 0 Å². The van der Waals surface area contributed by atoms with E-state index in [1.165, 1.54) is 92.8 Å². The van der Waals surface area contributed by atoms with Gasteiger partial charge >= 0.3 is 0 Å². The molecule has 1 aliphatic rings. The normalized spacial score (nSPS) is 15.9. The fraction of sp³-hybridized carbons (Fsp3) is 0.0638. The van der Waals surface area contributed by atoms with Gasteiger partial charge in [0.05, 0.1) is 6.10 Å². The number of rotatable bonds is 4. The highest BCUT2D eigenvalue weighted by atomic mass is 16.3. The highest BCUT2D eigenvalue weighted by Crippen LogP contribution is 2.48. The fourth-order valence-electron chi connectivity index (χ4n) is 7.88. The lowest BCUT2D eigenvalue weighted by molar-refractivity contribution is 0.272. The Hall–Kier alpha value is -5.76. The smallest absolute Gasteiger partial charge is 0.0616 e. The van der Waals surface area contributed by atoms with E-state index in [9.17, 15) is 5.11 Å². The summed E-state index contributed by atoms with van der Waals surface area (Å²) in [5.74, 6) is 0.197. The lowest BCUT2D eigenvalue weighted by Crippen LogP contribution is -1.94. The summed E-state index contributed by atoms with van der Waals surface area (Å²) >= 11 is 0. The standard InChI is InChI=1S/C47H32O/c48-45-28-42(45)37-20-22-41-44(27-37)47(39-18-15-31-9-3-6-12-34(31)25-39)43-26-36(35-16-13-29-7-1-4-10-32(29)23-35)19-21-40(43)46(41)38-17-14-30-8-2-5-11-33(30)24-38/h1-27,42,45,48H,28H2. The molecule has 1 N–H and O–H groups in total. The molecule has 0 spiro atoms. The third-order valence-electron chi connectivity index (χ3n) is 10.5. The van der Waals surface area contributed by atoms with E-state index in [1.807, 2.05) is 0 Å². The van der Waals surface area contributed by atoms with Crippen LogP contribution in [0.15, 0.2) is 164 Å². The van der Waals surface area contributed by atoms with Crippen molar-refractivity contribution in [3.8, 4) is 33.4 Å². The summed E-state index contributed by atoms with van der Waals surface area (Å²) in [4.78, 5) is 0. The molecular weight excluding hydrogens is 581 g/mol. The van der Waals surface area contributed by atoms with E-state index in [1.54, 1.807) is 0 Å². The first kappa shape index (κ1) is 27.4. The van der Waals surface area contributed by atoms with Crippen molar-refractivity contribution in [1.29, 1.82) is 0 Å². The van der Waals surface area contributed by atoms with Gasteiger partial charge in [0.1, 0.15) is 0 Å². The highest BCUT2D eigenvalue weighted by molar-refractivity contribution is 6.22. The molecule has 1 aliphatic carbocycles. The average Bonchev–Trinajstić information content (AvgIpc) is 3.89. The average molecular weight is 613 g/mol. The van der Waals surface area contributed by atoms with Crippen LogP contribution in [0.25, 0.3) is 87.2 Å². The van der Waals surface area contributed by atoms with Crippen molar-refractivity contribution >= 4 is 53.9 Å². The van der Waals surface area contributed by atoms with E-state index in [-0.39, 0.29) is 12.0 Å². The molecule has 0 bridgehead atoms. The molecular formula is C47H32O. The maximum absolute atomic E-state index is 10.5. The topological polar surface area (TPSA) is 20.2 Å². The molecule has 0 heterocycles. The molecule has 226 valence electrons. The van der Waals surface area contributed by atoms with Gasteiger partial charge < -0.3 is 5.11 Å². The third-order valence-corrected chi connectivity index (χ3v) is 10.5. The van der Waals surface area contributed by atoms with Gasteiger partial charge in [-0.3, -0.25) is 0 Å². The van der Waals surface area contributed by atoms with Crippen LogP contribution in [-0.2, 0) is 0 Å². The van der Waals surface area contributed by atoms with Crippen LogP contribution < -0.4 is 0 Å². The van der Waals surface area contributed by atoms with Crippen molar-refractivity contribution < 1.29 is 5.11 Å². The van der Waals surface area contributed by atoms with Gasteiger partial charge in [-0.1, -0.05) is 140 Å². The molecule has 48 heavy (non-hydrogen) atoms. The first-order valence-corrected chi connectivity index (χ1v) is 16.9. The number of hydrogen-bond donors (Lipinski definition) is 1. The predicted molar refractivity (Wildman–Crippen MR) is 204 cm³/mol. The van der Waals surface area contributed by atoms with Crippen LogP contribution in [0.4, 0.5) is 0 Å². The largest absolute Gasteiger partial charge is 0.392 e. The number of aliphatic hydroxyl groups excluding tert-OH is 1. The Morgan fingerprint density at radius 3 is 1.29 bits per heavy atom. The maximum atomic E-state index is 10.5. The van der Waals surface area contributed by atoms with Crippen LogP contribution in [0.3, 0.4) is 0 Å². The second-order valence-corrected chi connectivity index (χ2v) is 13.4. The van der Waals surface area contributed by atoms with E-state index in [0.29, 0.717) is 0 Å². The predicted octanol–water partition coefficient (Wildman–Crippen LogP) is 12.3. The molecule has 0 aliphatic heterocycles. The molecule has 1 nitrogen and oxygen atoms in total. The first-order chi connectivity index (χ1) is 23.7. The first-order valence-electron chi connectivity index (χ1n) is 16.9. The molecule has 9 aromatic carbocycles. The van der Waals surface area contributed by atoms with Crippen molar-refractivity contribution in [3.05, 3.63) is 169 Å². The van der Waals surface area contributed by atoms with Gasteiger partial charge in [-0.05, 0) is 123 Å². The van der Waals surface area contributed by atoms with Gasteiger partial charge in [0, 0.05) is 5.92 Å². The molecule has 0 amide bonds. The second-order valence-electron chi connectivity index (χ2n) is 13.4. The number of aliphatic hydroxyl groups is 1. The Bertz CT molecular complexity index is 2740. The third kappa shape index (κ3) is 4.43. The SMILES string of the molecule is OC1CC1c1ccc2c(-c3ccc4ccccc4c3)c3ccc(-c4ccc5ccccc5c4)cc3c(-c3ccc4ccccc4c3)c2c1. The van der Waals surface area contributed by atoms with Crippen molar-refractivity contribution in [2.75, 3.05) is 0 Å². The minimum atomic E-state index is -0.258. The summed E-state index contributed by atoms with van der Waals surface area (Å²) < 4.78 is 0. The van der Waals surface area contributed by atoms with E-state index < -0.39 is 0 Å². The molecule has 0 aromatic heterocycles. The molecule has 1 saturated carbocycles. The van der Waals surface area contributed by atoms with Gasteiger partial charge in [-0.15, -0.1) is 0 Å². The zero-order valence-corrected chi connectivity index (χ0v) is 26.4. The minimum absolute atomic E-state index is 0.197. The summed E-state index contributed by atoms with van der Waals surface area (Å²) in [5, 5.41) is 22.9. The Kier molecular flexibility index (Phi) is 6.06. The summed E-state index contributed by atoms with van der Waals surface area (Å²) in [6.45, 7) is 0. The number of hydrogen-bond acceptors (Lipinski definition) is 1. The van der Waals surface area contributed by atoms with Gasteiger partial charge in [0.15, 0.2) is 0 Å². The van der Waals surface area contributed by atoms with Gasteiger partial charge in [-0.2, -0.15) is 0 Å². The van der Waals surface area contributed by atoms with Crippen LogP contribution in [0, 0.1) is 0 Å². The summed E-state index contributed by atoms with van der Waals surface area (Å²) in [6.07, 6.45) is 0.570. The fourth-order valence-corrected chi connectivity index (χ4v) is 7.88. The Morgan fingerprint density at radius 2 is 0.750 bits per heavy atom. The van der Waals surface area contributed by atoms with E-state index >= 15 is 0 Å². The van der Waals surface area contributed by atoms with Crippen molar-refractivity contribution in [3.63, 3.8) is 0 Å². The Balaban J connectivity index is 1.33. The Morgan fingerprint density at radius 1 is 0.354 bits per heavy atom. The van der Waals surface area contributed by atoms with Crippen LogP contribution in [0.2, 0.25) is 0 Å².